The van der Waals surface area contributed by atoms with Gasteiger partial charge in [0.05, 0.1) is 5.60 Å². The molecule has 0 heterocycles. The Bertz CT molecular complexity index is 190. The van der Waals surface area contributed by atoms with E-state index < -0.39 is 16.0 Å². The molecule has 62 valence electrons. The third kappa shape index (κ3) is 4.66. The molecule has 0 aliphatic heterocycles. The predicted molar refractivity (Wildman–Crippen MR) is 32.0 cm³/mol. The van der Waals surface area contributed by atoms with Crippen molar-refractivity contribution in [2.24, 2.45) is 0 Å². The first-order valence-electron chi connectivity index (χ1n) is 2.53. The molecule has 0 spiro atoms. The van der Waals surface area contributed by atoms with E-state index in [1.165, 1.54) is 20.8 Å². The van der Waals surface area contributed by atoms with Crippen molar-refractivity contribution >= 4 is 10.4 Å². The summed E-state index contributed by atoms with van der Waals surface area (Å²) in [6, 6.07) is 0. The SMILES string of the molecule is CC(C)(C)OS(=O)(=O)OF. The summed E-state index contributed by atoms with van der Waals surface area (Å²) in [4.78, 5) is 0. The molecule has 0 bridgehead atoms. The van der Waals surface area contributed by atoms with Gasteiger partial charge in [0, 0.05) is 0 Å². The van der Waals surface area contributed by atoms with Crippen molar-refractivity contribution in [3.63, 3.8) is 0 Å². The topological polar surface area (TPSA) is 52.6 Å². The third-order valence-corrected chi connectivity index (χ3v) is 1.29. The van der Waals surface area contributed by atoms with Gasteiger partial charge in [-0.2, -0.15) is 8.42 Å². The van der Waals surface area contributed by atoms with Gasteiger partial charge in [0.15, 0.2) is 0 Å². The molecule has 0 aliphatic rings. The van der Waals surface area contributed by atoms with Gasteiger partial charge in [0.1, 0.15) is 0 Å². The second-order valence-corrected chi connectivity index (χ2v) is 3.78. The van der Waals surface area contributed by atoms with Crippen LogP contribution in [0.25, 0.3) is 0 Å². The molecule has 0 radical (unpaired) electrons. The van der Waals surface area contributed by atoms with Gasteiger partial charge in [0.2, 0.25) is 0 Å². The average Bonchev–Trinajstić information content (AvgIpc) is 1.60. The zero-order chi connectivity index (χ0) is 8.41. The summed E-state index contributed by atoms with van der Waals surface area (Å²) in [7, 11) is -4.44. The van der Waals surface area contributed by atoms with Crippen LogP contribution in [0.2, 0.25) is 0 Å². The lowest BCUT2D eigenvalue weighted by Gasteiger charge is -2.15. The highest BCUT2D eigenvalue weighted by Crippen LogP contribution is 2.12. The van der Waals surface area contributed by atoms with E-state index in [9.17, 15) is 12.9 Å². The summed E-state index contributed by atoms with van der Waals surface area (Å²) in [6.45, 7) is 4.39. The van der Waals surface area contributed by atoms with Gasteiger partial charge in [-0.1, -0.05) is 0 Å². The summed E-state index contributed by atoms with van der Waals surface area (Å²) in [5.74, 6) is 0. The van der Waals surface area contributed by atoms with E-state index in [1.54, 1.807) is 0 Å². The zero-order valence-electron chi connectivity index (χ0n) is 5.92. The summed E-state index contributed by atoms with van der Waals surface area (Å²) in [5, 5.41) is 0. The lowest BCUT2D eigenvalue weighted by molar-refractivity contribution is -0.0332. The lowest BCUT2D eigenvalue weighted by atomic mass is 10.2. The van der Waals surface area contributed by atoms with Crippen molar-refractivity contribution in [1.82, 2.24) is 0 Å². The molecule has 0 aromatic heterocycles. The van der Waals surface area contributed by atoms with E-state index in [0.717, 1.165) is 0 Å². The molecule has 4 nitrogen and oxygen atoms in total. The molecular weight excluding hydrogens is 163 g/mol. The first-order valence-corrected chi connectivity index (χ1v) is 3.86. The van der Waals surface area contributed by atoms with Crippen LogP contribution in [0.4, 0.5) is 4.53 Å². The Labute approximate surface area is 59.2 Å². The fourth-order valence-corrected chi connectivity index (χ4v) is 0.957. The molecule has 0 atom stereocenters. The minimum atomic E-state index is -4.44. The van der Waals surface area contributed by atoms with E-state index in [-0.39, 0.29) is 0 Å². The van der Waals surface area contributed by atoms with Crippen LogP contribution in [-0.4, -0.2) is 14.0 Å². The molecule has 10 heavy (non-hydrogen) atoms. The van der Waals surface area contributed by atoms with Gasteiger partial charge in [-0.05, 0) is 29.7 Å². The van der Waals surface area contributed by atoms with Crippen molar-refractivity contribution in [3.05, 3.63) is 0 Å². The molecule has 0 rings (SSSR count). The first-order chi connectivity index (χ1) is 4.27. The van der Waals surface area contributed by atoms with Crippen molar-refractivity contribution in [2.75, 3.05) is 0 Å². The summed E-state index contributed by atoms with van der Waals surface area (Å²) < 4.78 is 38.2. The molecule has 0 saturated heterocycles. The number of hydrogen-bond acceptors (Lipinski definition) is 4. The van der Waals surface area contributed by atoms with Gasteiger partial charge in [-0.25, -0.2) is 4.18 Å². The number of rotatable bonds is 2. The highest BCUT2D eigenvalue weighted by atomic mass is 32.3. The minimum Gasteiger partial charge on any atom is -0.240 e. The Kier molecular flexibility index (Phi) is 2.76. The van der Waals surface area contributed by atoms with Gasteiger partial charge in [0.25, 0.3) is 0 Å². The molecule has 0 aromatic carbocycles. The fourth-order valence-electron chi connectivity index (χ4n) is 0.319. The van der Waals surface area contributed by atoms with Crippen LogP contribution in [0.5, 0.6) is 0 Å². The van der Waals surface area contributed by atoms with Gasteiger partial charge < -0.3 is 0 Å². The van der Waals surface area contributed by atoms with Crippen LogP contribution in [0.15, 0.2) is 0 Å². The standard InChI is InChI=1S/C4H9FO4S/c1-4(2,3)8-10(6,7)9-5/h1-3H3. The van der Waals surface area contributed by atoms with E-state index in [2.05, 4.69) is 8.57 Å². The molecule has 0 aromatic rings. The lowest BCUT2D eigenvalue weighted by Crippen LogP contribution is -2.23. The van der Waals surface area contributed by atoms with Crippen LogP contribution in [0.3, 0.4) is 0 Å². The Morgan fingerprint density at radius 3 is 1.80 bits per heavy atom. The van der Waals surface area contributed by atoms with E-state index >= 15 is 0 Å². The molecule has 0 saturated carbocycles. The van der Waals surface area contributed by atoms with E-state index in [0.29, 0.717) is 0 Å². The van der Waals surface area contributed by atoms with Crippen molar-refractivity contribution in [1.29, 1.82) is 0 Å². The molecule has 6 heteroatoms. The number of halogens is 1. The molecule has 0 aliphatic carbocycles. The summed E-state index contributed by atoms with van der Waals surface area (Å²) >= 11 is 0. The number of hydrogen-bond donors (Lipinski definition) is 0. The van der Waals surface area contributed by atoms with Crippen molar-refractivity contribution in [3.8, 4) is 0 Å². The quantitative estimate of drug-likeness (QED) is 0.622. The first kappa shape index (κ1) is 9.80. The normalized spacial score (nSPS) is 13.6. The zero-order valence-corrected chi connectivity index (χ0v) is 6.74. The largest absolute Gasteiger partial charge is 0.431 e. The maximum Gasteiger partial charge on any atom is 0.431 e. The summed E-state index contributed by atoms with van der Waals surface area (Å²) in [6.07, 6.45) is 0. The molecule has 0 fully saturated rings. The Balaban J connectivity index is 4.18. The average molecular weight is 172 g/mol. The van der Waals surface area contributed by atoms with Crippen LogP contribution in [0, 0.1) is 0 Å². The van der Waals surface area contributed by atoms with Crippen LogP contribution >= 0.6 is 0 Å². The van der Waals surface area contributed by atoms with Crippen LogP contribution in [-0.2, 0) is 19.0 Å². The highest BCUT2D eigenvalue weighted by molar-refractivity contribution is 7.81. The Morgan fingerprint density at radius 1 is 1.30 bits per heavy atom. The smallest absolute Gasteiger partial charge is 0.240 e. The maximum atomic E-state index is 11.1. The second kappa shape index (κ2) is 2.81. The monoisotopic (exact) mass is 172 g/mol. The third-order valence-electron chi connectivity index (χ3n) is 0.429. The van der Waals surface area contributed by atoms with E-state index in [4.69, 9.17) is 0 Å². The van der Waals surface area contributed by atoms with E-state index in [1.807, 2.05) is 0 Å². The molecule has 0 amide bonds. The maximum absolute atomic E-state index is 11.1. The van der Waals surface area contributed by atoms with Gasteiger partial charge in [-0.15, -0.1) is 0 Å². The Morgan fingerprint density at radius 2 is 1.70 bits per heavy atom. The van der Waals surface area contributed by atoms with Crippen molar-refractivity contribution in [2.45, 2.75) is 26.4 Å². The predicted octanol–water partition coefficient (Wildman–Crippen LogP) is 0.947. The van der Waals surface area contributed by atoms with Crippen molar-refractivity contribution < 1.29 is 21.5 Å². The fraction of sp³-hybridized carbons (Fsp3) is 1.00. The molecule has 0 N–H and O–H groups in total. The van der Waals surface area contributed by atoms with Gasteiger partial charge >= 0.3 is 10.4 Å². The minimum absolute atomic E-state index is 0.967. The van der Waals surface area contributed by atoms with Gasteiger partial charge in [-0.3, -0.25) is 0 Å². The van der Waals surface area contributed by atoms with Crippen LogP contribution < -0.4 is 0 Å². The summed E-state index contributed by atoms with van der Waals surface area (Å²) in [5.41, 5.74) is -0.967. The molecule has 0 unspecified atom stereocenters. The van der Waals surface area contributed by atoms with Crippen LogP contribution in [0.1, 0.15) is 20.8 Å². The highest BCUT2D eigenvalue weighted by Gasteiger charge is 2.22. The Hall–Kier alpha value is -0.200. The molecular formula is C4H9FO4S. The second-order valence-electron chi connectivity index (χ2n) is 2.67.